The lowest BCUT2D eigenvalue weighted by molar-refractivity contribution is -0.113. The van der Waals surface area contributed by atoms with Crippen LogP contribution in [0.15, 0.2) is 66.8 Å². The number of carbonyl (C=O) groups is 4. The lowest BCUT2D eigenvalue weighted by atomic mass is 10.1. The van der Waals surface area contributed by atoms with Crippen LogP contribution in [0.25, 0.3) is 0 Å². The van der Waals surface area contributed by atoms with Gasteiger partial charge >= 0.3 is 0 Å². The van der Waals surface area contributed by atoms with Crippen LogP contribution in [-0.4, -0.2) is 23.6 Å². The number of rotatable bonds is 5. The normalized spacial score (nSPS) is 12.4. The van der Waals surface area contributed by atoms with Crippen molar-refractivity contribution in [3.63, 3.8) is 0 Å². The van der Waals surface area contributed by atoms with Crippen LogP contribution in [0.2, 0.25) is 0 Å². The zero-order valence-corrected chi connectivity index (χ0v) is 16.0. The van der Waals surface area contributed by atoms with E-state index in [0.29, 0.717) is 28.2 Å². The van der Waals surface area contributed by atoms with Crippen molar-refractivity contribution in [1.82, 2.24) is 0 Å². The zero-order valence-electron chi connectivity index (χ0n) is 16.0. The van der Waals surface area contributed by atoms with Crippen LogP contribution < -0.4 is 15.5 Å². The molecule has 0 saturated carbocycles. The Balaban J connectivity index is 1.84. The van der Waals surface area contributed by atoms with Gasteiger partial charge in [-0.15, -0.1) is 0 Å². The van der Waals surface area contributed by atoms with Gasteiger partial charge in [0.05, 0.1) is 16.8 Å². The maximum atomic E-state index is 12.8. The summed E-state index contributed by atoms with van der Waals surface area (Å²) in [6.07, 6.45) is 0. The highest BCUT2D eigenvalue weighted by Crippen LogP contribution is 2.31. The van der Waals surface area contributed by atoms with Gasteiger partial charge in [0.25, 0.3) is 23.6 Å². The number of nitrogens with one attached hydrogen (secondary N) is 2. The Morgan fingerprint density at radius 1 is 0.759 bits per heavy atom. The third-order valence-corrected chi connectivity index (χ3v) is 4.30. The number of amides is 4. The number of imide groups is 1. The van der Waals surface area contributed by atoms with Crippen molar-refractivity contribution in [3.05, 3.63) is 77.9 Å². The molecule has 0 fully saturated rings. The Morgan fingerprint density at radius 2 is 1.24 bits per heavy atom. The molecule has 0 aromatic heterocycles. The number of hydrogen-bond acceptors (Lipinski definition) is 4. The molecular weight excluding hydrogens is 370 g/mol. The molecule has 2 N–H and O–H groups in total. The van der Waals surface area contributed by atoms with Gasteiger partial charge in [0.15, 0.2) is 0 Å². The third-order valence-electron chi connectivity index (χ3n) is 4.30. The molecule has 0 radical (unpaired) electrons. The van der Waals surface area contributed by atoms with Gasteiger partial charge in [-0.1, -0.05) is 13.2 Å². The fourth-order valence-corrected chi connectivity index (χ4v) is 2.72. The summed E-state index contributed by atoms with van der Waals surface area (Å²) in [6.45, 7) is 10.3. The molecule has 29 heavy (non-hydrogen) atoms. The van der Waals surface area contributed by atoms with Crippen molar-refractivity contribution in [2.24, 2.45) is 0 Å². The largest absolute Gasteiger partial charge is 0.322 e. The highest BCUT2D eigenvalue weighted by atomic mass is 16.2. The van der Waals surface area contributed by atoms with E-state index in [4.69, 9.17) is 0 Å². The van der Waals surface area contributed by atoms with Crippen LogP contribution in [0.4, 0.5) is 17.1 Å². The fourth-order valence-electron chi connectivity index (χ4n) is 2.72. The van der Waals surface area contributed by atoms with E-state index in [0.717, 1.165) is 4.90 Å². The summed E-state index contributed by atoms with van der Waals surface area (Å²) in [5.41, 5.74) is 2.44. The number of nitrogens with zero attached hydrogens (tertiary/aromatic N) is 1. The fraction of sp³-hybridized carbons (Fsp3) is 0.0909. The molecular formula is C22H19N3O4. The van der Waals surface area contributed by atoms with Crippen molar-refractivity contribution >= 4 is 40.7 Å². The van der Waals surface area contributed by atoms with Crippen molar-refractivity contribution in [3.8, 4) is 0 Å². The predicted molar refractivity (Wildman–Crippen MR) is 111 cm³/mol. The number of carbonyl (C=O) groups excluding carboxylic acids is 4. The lowest BCUT2D eigenvalue weighted by Gasteiger charge is -2.14. The Kier molecular flexibility index (Phi) is 5.14. The topological polar surface area (TPSA) is 95.6 Å². The van der Waals surface area contributed by atoms with E-state index in [1.165, 1.54) is 12.1 Å². The molecule has 2 aromatic rings. The van der Waals surface area contributed by atoms with E-state index >= 15 is 0 Å². The molecule has 0 bridgehead atoms. The SMILES string of the molecule is C=C(C)C(=O)Nc1ccc(N2C(=O)c3ccc(NC(=O)C(=C)C)cc3C2=O)cc1. The van der Waals surface area contributed by atoms with Crippen LogP contribution in [0, 0.1) is 0 Å². The minimum absolute atomic E-state index is 0.203. The molecule has 1 aliphatic heterocycles. The second-order valence-electron chi connectivity index (χ2n) is 6.72. The minimum atomic E-state index is -0.491. The average molecular weight is 389 g/mol. The number of anilines is 3. The van der Waals surface area contributed by atoms with Gasteiger partial charge in [-0.2, -0.15) is 0 Å². The van der Waals surface area contributed by atoms with Gasteiger partial charge in [0.1, 0.15) is 0 Å². The standard InChI is InChI=1S/C22H19N3O4/c1-12(2)19(26)23-14-5-8-16(9-6-14)25-21(28)17-10-7-15(11-18(17)22(25)29)24-20(27)13(3)4/h5-11H,1,3H2,2,4H3,(H,23,26)(H,24,27). The first-order chi connectivity index (χ1) is 13.7. The molecule has 7 heteroatoms. The van der Waals surface area contributed by atoms with E-state index < -0.39 is 11.8 Å². The van der Waals surface area contributed by atoms with E-state index in [2.05, 4.69) is 23.8 Å². The quantitative estimate of drug-likeness (QED) is 0.604. The van der Waals surface area contributed by atoms with Crippen molar-refractivity contribution in [1.29, 1.82) is 0 Å². The summed E-state index contributed by atoms with van der Waals surface area (Å²) in [7, 11) is 0. The molecule has 0 aliphatic carbocycles. The summed E-state index contributed by atoms with van der Waals surface area (Å²) in [5, 5.41) is 5.29. The second kappa shape index (κ2) is 7.55. The Labute approximate surface area is 167 Å². The summed E-state index contributed by atoms with van der Waals surface area (Å²) in [5.74, 6) is -1.63. The second-order valence-corrected chi connectivity index (χ2v) is 6.72. The predicted octanol–water partition coefficient (Wildman–Crippen LogP) is 3.52. The zero-order chi connectivity index (χ0) is 21.3. The Morgan fingerprint density at radius 3 is 1.79 bits per heavy atom. The Bertz CT molecular complexity index is 1080. The van der Waals surface area contributed by atoms with E-state index in [-0.39, 0.29) is 22.9 Å². The van der Waals surface area contributed by atoms with Gasteiger partial charge in [-0.25, -0.2) is 4.90 Å². The number of benzene rings is 2. The summed E-state index contributed by atoms with van der Waals surface area (Å²) in [6, 6.07) is 10.9. The van der Waals surface area contributed by atoms with E-state index in [9.17, 15) is 19.2 Å². The van der Waals surface area contributed by atoms with E-state index in [1.54, 1.807) is 44.2 Å². The molecule has 0 spiro atoms. The molecule has 2 aromatic carbocycles. The van der Waals surface area contributed by atoms with Crippen LogP contribution in [0.3, 0.4) is 0 Å². The third kappa shape index (κ3) is 3.84. The molecule has 146 valence electrons. The van der Waals surface area contributed by atoms with Crippen LogP contribution >= 0.6 is 0 Å². The number of fused-ring (bicyclic) bond motifs is 1. The molecule has 0 atom stereocenters. The lowest BCUT2D eigenvalue weighted by Crippen LogP contribution is -2.29. The van der Waals surface area contributed by atoms with Crippen molar-refractivity contribution in [2.75, 3.05) is 15.5 Å². The summed E-state index contributed by atoms with van der Waals surface area (Å²) >= 11 is 0. The Hall–Kier alpha value is -4.00. The van der Waals surface area contributed by atoms with Gasteiger partial charge in [0, 0.05) is 22.5 Å². The average Bonchev–Trinajstić information content (AvgIpc) is 2.92. The first kappa shape index (κ1) is 19.8. The van der Waals surface area contributed by atoms with Crippen molar-refractivity contribution < 1.29 is 19.2 Å². The first-order valence-corrected chi connectivity index (χ1v) is 8.75. The molecule has 0 saturated heterocycles. The highest BCUT2D eigenvalue weighted by Gasteiger charge is 2.36. The number of hydrogen-bond donors (Lipinski definition) is 2. The maximum absolute atomic E-state index is 12.8. The molecule has 7 nitrogen and oxygen atoms in total. The monoisotopic (exact) mass is 389 g/mol. The van der Waals surface area contributed by atoms with Gasteiger partial charge in [0.2, 0.25) is 0 Å². The van der Waals surface area contributed by atoms with Crippen LogP contribution in [0.5, 0.6) is 0 Å². The van der Waals surface area contributed by atoms with Crippen LogP contribution in [0.1, 0.15) is 34.6 Å². The minimum Gasteiger partial charge on any atom is -0.322 e. The molecule has 3 rings (SSSR count). The molecule has 4 amide bonds. The summed E-state index contributed by atoms with van der Waals surface area (Å²) < 4.78 is 0. The smallest absolute Gasteiger partial charge is 0.266 e. The molecule has 1 heterocycles. The maximum Gasteiger partial charge on any atom is 0.266 e. The van der Waals surface area contributed by atoms with Crippen molar-refractivity contribution in [2.45, 2.75) is 13.8 Å². The summed E-state index contributed by atoms with van der Waals surface area (Å²) in [4.78, 5) is 50.1. The van der Waals surface area contributed by atoms with Crippen LogP contribution in [-0.2, 0) is 9.59 Å². The van der Waals surface area contributed by atoms with Gasteiger partial charge < -0.3 is 10.6 Å². The molecule has 0 unspecified atom stereocenters. The van der Waals surface area contributed by atoms with Gasteiger partial charge in [-0.3, -0.25) is 19.2 Å². The first-order valence-electron chi connectivity index (χ1n) is 8.75. The van der Waals surface area contributed by atoms with Gasteiger partial charge in [-0.05, 0) is 56.3 Å². The van der Waals surface area contributed by atoms with E-state index in [1.807, 2.05) is 0 Å². The molecule has 1 aliphatic rings. The highest BCUT2D eigenvalue weighted by molar-refractivity contribution is 6.34.